The number of anilines is 2. The molecule has 3 aliphatic rings. The van der Waals surface area contributed by atoms with Crippen LogP contribution < -0.4 is 20.9 Å². The molecule has 1 aromatic rings. The van der Waals surface area contributed by atoms with Gasteiger partial charge in [-0.3, -0.25) is 14.7 Å². The molecule has 2 atom stereocenters. The Morgan fingerprint density at radius 3 is 3.00 bits per heavy atom. The van der Waals surface area contributed by atoms with Gasteiger partial charge < -0.3 is 20.9 Å². The van der Waals surface area contributed by atoms with Gasteiger partial charge in [0.1, 0.15) is 11.7 Å². The molecule has 3 aliphatic heterocycles. The van der Waals surface area contributed by atoms with E-state index in [1.54, 1.807) is 0 Å². The van der Waals surface area contributed by atoms with Crippen molar-refractivity contribution in [3.05, 3.63) is 23.5 Å². The number of amides is 1. The van der Waals surface area contributed by atoms with Gasteiger partial charge in [0.15, 0.2) is 6.29 Å². The number of rotatable bonds is 3. The average Bonchev–Trinajstić information content (AvgIpc) is 3.05. The first-order valence-corrected chi connectivity index (χ1v) is 8.18. The van der Waals surface area contributed by atoms with Crippen molar-refractivity contribution in [1.29, 1.82) is 0 Å². The van der Waals surface area contributed by atoms with Crippen LogP contribution in [-0.2, 0) is 0 Å². The van der Waals surface area contributed by atoms with E-state index in [4.69, 9.17) is 0 Å². The number of halogens is 1. The molecule has 3 N–H and O–H groups in total. The number of likely N-dealkylation sites (N-methyl/N-ethyl adjacent to an activating group) is 1. The summed E-state index contributed by atoms with van der Waals surface area (Å²) in [5.74, 6) is 0.319. The highest BCUT2D eigenvalue weighted by atomic mass is 19.1. The number of hydrogen-bond acceptors (Lipinski definition) is 6. The van der Waals surface area contributed by atoms with E-state index in [2.05, 4.69) is 37.7 Å². The number of benzene rings is 1. The van der Waals surface area contributed by atoms with Crippen LogP contribution in [0.2, 0.25) is 0 Å². The number of carbonyl (C=O) groups is 1. The van der Waals surface area contributed by atoms with Crippen molar-refractivity contribution in [1.82, 2.24) is 15.5 Å². The van der Waals surface area contributed by atoms with Gasteiger partial charge in [-0.2, -0.15) is 0 Å². The summed E-state index contributed by atoms with van der Waals surface area (Å²) < 4.78 is 13.9. The zero-order chi connectivity index (χ0) is 16.8. The number of nitrogens with zero attached hydrogens (tertiary/aromatic N) is 3. The SMILES string of the molecule is CC1CN=C(CN(C)C2Nc3cc(F)cc4c3N2CCNC4=O)N1. The molecule has 0 spiro atoms. The van der Waals surface area contributed by atoms with E-state index in [-0.39, 0.29) is 12.2 Å². The summed E-state index contributed by atoms with van der Waals surface area (Å²) in [5, 5.41) is 9.52. The third-order valence-corrected chi connectivity index (χ3v) is 4.61. The minimum absolute atomic E-state index is 0.145. The Balaban J connectivity index is 1.62. The van der Waals surface area contributed by atoms with Crippen LogP contribution in [0.4, 0.5) is 15.8 Å². The molecular weight excluding hydrogens is 311 g/mol. The largest absolute Gasteiger partial charge is 0.368 e. The van der Waals surface area contributed by atoms with Crippen molar-refractivity contribution in [2.24, 2.45) is 4.99 Å². The molecule has 2 unspecified atom stereocenters. The van der Waals surface area contributed by atoms with Crippen LogP contribution in [0.3, 0.4) is 0 Å². The van der Waals surface area contributed by atoms with Crippen molar-refractivity contribution < 1.29 is 9.18 Å². The zero-order valence-electron chi connectivity index (χ0n) is 13.8. The molecule has 24 heavy (non-hydrogen) atoms. The second-order valence-electron chi connectivity index (χ2n) is 6.56. The highest BCUT2D eigenvalue weighted by Gasteiger charge is 2.37. The normalized spacial score (nSPS) is 24.9. The van der Waals surface area contributed by atoms with Crippen molar-refractivity contribution in [2.75, 3.05) is 43.4 Å². The van der Waals surface area contributed by atoms with Crippen molar-refractivity contribution in [3.8, 4) is 0 Å². The van der Waals surface area contributed by atoms with E-state index < -0.39 is 5.82 Å². The maximum atomic E-state index is 13.9. The van der Waals surface area contributed by atoms with Crippen molar-refractivity contribution in [2.45, 2.75) is 19.3 Å². The van der Waals surface area contributed by atoms with E-state index in [1.165, 1.54) is 12.1 Å². The van der Waals surface area contributed by atoms with Gasteiger partial charge in [-0.15, -0.1) is 0 Å². The molecule has 4 rings (SSSR count). The summed E-state index contributed by atoms with van der Waals surface area (Å²) in [6.07, 6.45) is -0.145. The molecular formula is C16H21FN6O. The molecule has 0 fully saturated rings. The maximum absolute atomic E-state index is 13.9. The van der Waals surface area contributed by atoms with Gasteiger partial charge in [0.05, 0.1) is 30.0 Å². The predicted octanol–water partition coefficient (Wildman–Crippen LogP) is 0.407. The van der Waals surface area contributed by atoms with Gasteiger partial charge in [0, 0.05) is 19.1 Å². The Bertz CT molecular complexity index is 721. The number of carbonyl (C=O) groups excluding carboxylic acids is 1. The number of hydrogen-bond donors (Lipinski definition) is 3. The van der Waals surface area contributed by atoms with Crippen molar-refractivity contribution in [3.63, 3.8) is 0 Å². The summed E-state index contributed by atoms with van der Waals surface area (Å²) in [6.45, 7) is 4.73. The zero-order valence-corrected chi connectivity index (χ0v) is 13.8. The van der Waals surface area contributed by atoms with Crippen molar-refractivity contribution >= 4 is 23.1 Å². The first kappa shape index (κ1) is 15.2. The van der Waals surface area contributed by atoms with Gasteiger partial charge in [-0.1, -0.05) is 0 Å². The van der Waals surface area contributed by atoms with Crippen LogP contribution in [0, 0.1) is 5.82 Å². The lowest BCUT2D eigenvalue weighted by Gasteiger charge is -2.33. The Kier molecular flexibility index (Phi) is 3.56. The predicted molar refractivity (Wildman–Crippen MR) is 91.0 cm³/mol. The topological polar surface area (TPSA) is 72.0 Å². The minimum atomic E-state index is -0.410. The summed E-state index contributed by atoms with van der Waals surface area (Å²) in [7, 11) is 1.99. The van der Waals surface area contributed by atoms with Crippen LogP contribution in [0.15, 0.2) is 17.1 Å². The molecule has 3 heterocycles. The fourth-order valence-corrected chi connectivity index (χ4v) is 3.54. The molecule has 1 amide bonds. The maximum Gasteiger partial charge on any atom is 0.253 e. The smallest absolute Gasteiger partial charge is 0.253 e. The van der Waals surface area contributed by atoms with E-state index in [0.717, 1.165) is 18.1 Å². The fraction of sp³-hybridized carbons (Fsp3) is 0.500. The summed E-state index contributed by atoms with van der Waals surface area (Å²) in [4.78, 5) is 20.9. The van der Waals surface area contributed by atoms with Gasteiger partial charge in [0.2, 0.25) is 0 Å². The quantitative estimate of drug-likeness (QED) is 0.748. The third kappa shape index (κ3) is 2.47. The molecule has 0 saturated heterocycles. The van der Waals surface area contributed by atoms with Crippen LogP contribution in [0.5, 0.6) is 0 Å². The Hall–Kier alpha value is -2.35. The van der Waals surface area contributed by atoms with Gasteiger partial charge in [0.25, 0.3) is 5.91 Å². The second-order valence-corrected chi connectivity index (χ2v) is 6.56. The molecule has 0 radical (unpaired) electrons. The minimum Gasteiger partial charge on any atom is -0.368 e. The molecule has 128 valence electrons. The van der Waals surface area contributed by atoms with Gasteiger partial charge >= 0.3 is 0 Å². The Morgan fingerprint density at radius 2 is 2.25 bits per heavy atom. The molecule has 0 bridgehead atoms. The highest BCUT2D eigenvalue weighted by Crippen LogP contribution is 2.39. The van der Waals surface area contributed by atoms with Crippen LogP contribution in [0.1, 0.15) is 17.3 Å². The first-order valence-electron chi connectivity index (χ1n) is 8.18. The molecule has 0 saturated carbocycles. The molecule has 7 nitrogen and oxygen atoms in total. The van der Waals surface area contributed by atoms with E-state index in [9.17, 15) is 9.18 Å². The first-order chi connectivity index (χ1) is 11.5. The Morgan fingerprint density at radius 1 is 1.42 bits per heavy atom. The molecule has 8 heteroatoms. The monoisotopic (exact) mass is 332 g/mol. The van der Waals surface area contributed by atoms with E-state index in [0.29, 0.717) is 36.9 Å². The van der Waals surface area contributed by atoms with Gasteiger partial charge in [-0.25, -0.2) is 4.39 Å². The standard InChI is InChI=1S/C16H21FN6O/c1-9-7-19-13(20-9)8-22(2)16-21-12-6-10(17)5-11-14(12)23(16)4-3-18-15(11)24/h5-6,9,16,21H,3-4,7-8H2,1-2H3,(H,18,24)(H,19,20). The molecule has 0 aromatic heterocycles. The lowest BCUT2D eigenvalue weighted by atomic mass is 10.1. The molecule has 0 aliphatic carbocycles. The van der Waals surface area contributed by atoms with E-state index in [1.807, 2.05) is 7.05 Å². The van der Waals surface area contributed by atoms with E-state index >= 15 is 0 Å². The summed E-state index contributed by atoms with van der Waals surface area (Å²) in [6, 6.07) is 3.12. The summed E-state index contributed by atoms with van der Waals surface area (Å²) in [5.41, 5.74) is 1.82. The molecule has 1 aromatic carbocycles. The third-order valence-electron chi connectivity index (χ3n) is 4.61. The highest BCUT2D eigenvalue weighted by molar-refractivity contribution is 6.04. The number of nitrogens with one attached hydrogen (secondary N) is 3. The van der Waals surface area contributed by atoms with Gasteiger partial charge in [-0.05, 0) is 26.1 Å². The number of aliphatic imine (C=N–C) groups is 1. The Labute approximate surface area is 139 Å². The van der Waals surface area contributed by atoms with Crippen LogP contribution >= 0.6 is 0 Å². The number of amidine groups is 1. The van der Waals surface area contributed by atoms with Crippen LogP contribution in [-0.4, -0.2) is 62.2 Å². The fourth-order valence-electron chi connectivity index (χ4n) is 3.54. The summed E-state index contributed by atoms with van der Waals surface area (Å²) >= 11 is 0. The lowest BCUT2D eigenvalue weighted by molar-refractivity contribution is 0.0957. The second kappa shape index (κ2) is 5.62. The lowest BCUT2D eigenvalue weighted by Crippen LogP contribution is -2.52. The average molecular weight is 332 g/mol. The van der Waals surface area contributed by atoms with Crippen LogP contribution in [0.25, 0.3) is 0 Å².